The number of aliphatic hydroxyl groups is 1. The van der Waals surface area contributed by atoms with E-state index in [1.54, 1.807) is 12.5 Å². The Bertz CT molecular complexity index is 219. The molecule has 3 heteroatoms. The maximum Gasteiger partial charge on any atom is 0.0947 e. The van der Waals surface area contributed by atoms with Crippen LogP contribution in [0.1, 0.15) is 19.4 Å². The molecule has 74 valence electrons. The summed E-state index contributed by atoms with van der Waals surface area (Å²) in [5.74, 6) is 0.442. The number of hydrogen-bond acceptors (Lipinski definition) is 3. The van der Waals surface area contributed by atoms with Crippen LogP contribution in [0.15, 0.2) is 23.0 Å². The molecule has 0 saturated carbocycles. The van der Waals surface area contributed by atoms with Gasteiger partial charge in [-0.05, 0) is 12.0 Å². The Hall–Kier alpha value is -0.800. The van der Waals surface area contributed by atoms with Crippen LogP contribution in [-0.4, -0.2) is 17.8 Å². The smallest absolute Gasteiger partial charge is 0.0947 e. The molecule has 0 unspecified atom stereocenters. The van der Waals surface area contributed by atoms with E-state index >= 15 is 0 Å². The molecule has 0 radical (unpaired) electrons. The van der Waals surface area contributed by atoms with E-state index in [1.807, 2.05) is 6.07 Å². The van der Waals surface area contributed by atoms with Crippen molar-refractivity contribution in [2.45, 2.75) is 26.4 Å². The molecular weight excluding hydrogens is 166 g/mol. The van der Waals surface area contributed by atoms with Gasteiger partial charge in [-0.15, -0.1) is 0 Å². The molecule has 0 aliphatic heterocycles. The third-order valence-corrected chi connectivity index (χ3v) is 2.15. The van der Waals surface area contributed by atoms with Crippen LogP contribution in [0.3, 0.4) is 0 Å². The minimum atomic E-state index is 0.162. The Morgan fingerprint density at radius 3 is 2.77 bits per heavy atom. The number of rotatable bonds is 5. The van der Waals surface area contributed by atoms with Crippen molar-refractivity contribution in [3.05, 3.63) is 24.2 Å². The van der Waals surface area contributed by atoms with Crippen LogP contribution < -0.4 is 5.32 Å². The van der Waals surface area contributed by atoms with E-state index in [1.165, 1.54) is 0 Å². The first-order chi connectivity index (χ1) is 6.24. The SMILES string of the molecule is CC(C)[C@@H](CO)NCc1ccoc1. The summed E-state index contributed by atoms with van der Waals surface area (Å²) in [6.07, 6.45) is 3.36. The van der Waals surface area contributed by atoms with E-state index < -0.39 is 0 Å². The first-order valence-corrected chi connectivity index (χ1v) is 4.59. The molecular formula is C10H17NO2. The molecule has 2 N–H and O–H groups in total. The number of nitrogens with one attached hydrogen (secondary N) is 1. The Labute approximate surface area is 78.8 Å². The van der Waals surface area contributed by atoms with Crippen molar-refractivity contribution in [1.29, 1.82) is 0 Å². The van der Waals surface area contributed by atoms with Gasteiger partial charge in [0.15, 0.2) is 0 Å². The summed E-state index contributed by atoms with van der Waals surface area (Å²) in [5, 5.41) is 12.3. The zero-order chi connectivity index (χ0) is 9.68. The molecule has 1 aromatic heterocycles. The Balaban J connectivity index is 2.32. The molecule has 3 nitrogen and oxygen atoms in total. The molecule has 13 heavy (non-hydrogen) atoms. The van der Waals surface area contributed by atoms with Gasteiger partial charge in [0.1, 0.15) is 0 Å². The number of aliphatic hydroxyl groups excluding tert-OH is 1. The van der Waals surface area contributed by atoms with Crippen LogP contribution in [0.25, 0.3) is 0 Å². The van der Waals surface area contributed by atoms with Crippen LogP contribution in [0.4, 0.5) is 0 Å². The summed E-state index contributed by atoms with van der Waals surface area (Å²) >= 11 is 0. The Kier molecular flexibility index (Phi) is 3.99. The fraction of sp³-hybridized carbons (Fsp3) is 0.600. The average molecular weight is 183 g/mol. The van der Waals surface area contributed by atoms with Gasteiger partial charge in [0.2, 0.25) is 0 Å². The zero-order valence-electron chi connectivity index (χ0n) is 8.16. The molecule has 0 spiro atoms. The quantitative estimate of drug-likeness (QED) is 0.725. The van der Waals surface area contributed by atoms with Gasteiger partial charge in [0.05, 0.1) is 19.1 Å². The monoisotopic (exact) mass is 183 g/mol. The van der Waals surface area contributed by atoms with Gasteiger partial charge in [-0.3, -0.25) is 0 Å². The summed E-state index contributed by atoms with van der Waals surface area (Å²) in [6.45, 7) is 5.10. The Morgan fingerprint density at radius 1 is 1.54 bits per heavy atom. The topological polar surface area (TPSA) is 45.4 Å². The van der Waals surface area contributed by atoms with Gasteiger partial charge >= 0.3 is 0 Å². The van der Waals surface area contributed by atoms with Crippen molar-refractivity contribution in [3.63, 3.8) is 0 Å². The minimum absolute atomic E-state index is 0.162. The van der Waals surface area contributed by atoms with Crippen LogP contribution in [-0.2, 0) is 6.54 Å². The molecule has 0 saturated heterocycles. The number of furan rings is 1. The molecule has 0 aliphatic carbocycles. The highest BCUT2D eigenvalue weighted by Crippen LogP contribution is 2.04. The summed E-state index contributed by atoms with van der Waals surface area (Å²) in [5.41, 5.74) is 1.11. The molecule has 1 heterocycles. The normalized spacial score (nSPS) is 13.5. The standard InChI is InChI=1S/C10H17NO2/c1-8(2)10(6-12)11-5-9-3-4-13-7-9/h3-4,7-8,10-12H,5-6H2,1-2H3/t10-/m1/s1. The zero-order valence-corrected chi connectivity index (χ0v) is 8.16. The molecule has 0 aliphatic rings. The lowest BCUT2D eigenvalue weighted by Crippen LogP contribution is -2.36. The van der Waals surface area contributed by atoms with Gasteiger partial charge in [-0.25, -0.2) is 0 Å². The second kappa shape index (κ2) is 5.04. The first-order valence-electron chi connectivity index (χ1n) is 4.59. The van der Waals surface area contributed by atoms with Crippen LogP contribution in [0.2, 0.25) is 0 Å². The lowest BCUT2D eigenvalue weighted by atomic mass is 10.1. The highest BCUT2D eigenvalue weighted by atomic mass is 16.3. The largest absolute Gasteiger partial charge is 0.472 e. The summed E-state index contributed by atoms with van der Waals surface area (Å²) in [4.78, 5) is 0. The van der Waals surface area contributed by atoms with E-state index in [2.05, 4.69) is 19.2 Å². The van der Waals surface area contributed by atoms with Crippen molar-refractivity contribution in [1.82, 2.24) is 5.32 Å². The molecule has 0 aromatic carbocycles. The van der Waals surface area contributed by atoms with Crippen molar-refractivity contribution >= 4 is 0 Å². The van der Waals surface area contributed by atoms with Crippen molar-refractivity contribution in [2.75, 3.05) is 6.61 Å². The maximum absolute atomic E-state index is 9.04. The van der Waals surface area contributed by atoms with Crippen molar-refractivity contribution in [2.24, 2.45) is 5.92 Å². The second-order valence-electron chi connectivity index (χ2n) is 3.55. The van der Waals surface area contributed by atoms with Gasteiger partial charge in [-0.1, -0.05) is 13.8 Å². The highest BCUT2D eigenvalue weighted by molar-refractivity contribution is 5.04. The van der Waals surface area contributed by atoms with Gasteiger partial charge in [0.25, 0.3) is 0 Å². The summed E-state index contributed by atoms with van der Waals surface area (Å²) < 4.78 is 4.94. The third kappa shape index (κ3) is 3.20. The second-order valence-corrected chi connectivity index (χ2v) is 3.55. The van der Waals surface area contributed by atoms with Gasteiger partial charge in [0, 0.05) is 18.2 Å². The van der Waals surface area contributed by atoms with E-state index in [0.29, 0.717) is 5.92 Å². The van der Waals surface area contributed by atoms with E-state index in [0.717, 1.165) is 12.1 Å². The van der Waals surface area contributed by atoms with Crippen LogP contribution in [0.5, 0.6) is 0 Å². The molecule has 0 bridgehead atoms. The fourth-order valence-electron chi connectivity index (χ4n) is 1.15. The average Bonchev–Trinajstić information content (AvgIpc) is 2.57. The van der Waals surface area contributed by atoms with Crippen LogP contribution >= 0.6 is 0 Å². The van der Waals surface area contributed by atoms with E-state index in [4.69, 9.17) is 9.52 Å². The molecule has 1 aromatic rings. The van der Waals surface area contributed by atoms with Gasteiger partial charge < -0.3 is 14.8 Å². The van der Waals surface area contributed by atoms with Gasteiger partial charge in [-0.2, -0.15) is 0 Å². The lowest BCUT2D eigenvalue weighted by molar-refractivity contribution is 0.210. The number of hydrogen-bond donors (Lipinski definition) is 2. The Morgan fingerprint density at radius 2 is 2.31 bits per heavy atom. The third-order valence-electron chi connectivity index (χ3n) is 2.15. The summed E-state index contributed by atoms with van der Waals surface area (Å²) in [7, 11) is 0. The lowest BCUT2D eigenvalue weighted by Gasteiger charge is -2.19. The maximum atomic E-state index is 9.04. The van der Waals surface area contributed by atoms with E-state index in [-0.39, 0.29) is 12.6 Å². The van der Waals surface area contributed by atoms with Crippen LogP contribution in [0, 0.1) is 5.92 Å². The molecule has 0 fully saturated rings. The van der Waals surface area contributed by atoms with Crippen molar-refractivity contribution in [3.8, 4) is 0 Å². The molecule has 0 amide bonds. The fourth-order valence-corrected chi connectivity index (χ4v) is 1.15. The minimum Gasteiger partial charge on any atom is -0.472 e. The predicted octanol–water partition coefficient (Wildman–Crippen LogP) is 1.39. The molecule has 1 atom stereocenters. The summed E-state index contributed by atoms with van der Waals surface area (Å²) in [6, 6.07) is 2.08. The van der Waals surface area contributed by atoms with Crippen molar-refractivity contribution < 1.29 is 9.52 Å². The predicted molar refractivity (Wildman–Crippen MR) is 51.3 cm³/mol. The first kappa shape index (κ1) is 10.3. The highest BCUT2D eigenvalue weighted by Gasteiger charge is 2.10. The van der Waals surface area contributed by atoms with E-state index in [9.17, 15) is 0 Å². The molecule has 1 rings (SSSR count).